The molecule has 3 N–H and O–H groups in total. The Morgan fingerprint density at radius 3 is 2.56 bits per heavy atom. The number of anilines is 1. The lowest BCUT2D eigenvalue weighted by molar-refractivity contribution is -0.115. The topological polar surface area (TPSA) is 78.4 Å². The van der Waals surface area contributed by atoms with E-state index in [9.17, 15) is 9.59 Å². The van der Waals surface area contributed by atoms with Gasteiger partial charge in [0.05, 0.1) is 5.56 Å². The van der Waals surface area contributed by atoms with Crippen molar-refractivity contribution in [1.82, 2.24) is 5.32 Å². The first-order valence-electron chi connectivity index (χ1n) is 6.93. The van der Waals surface area contributed by atoms with Crippen LogP contribution in [0.4, 0.5) is 5.69 Å². The minimum atomic E-state index is -1.05. The average molecular weight is 395 g/mol. The van der Waals surface area contributed by atoms with Gasteiger partial charge in [-0.3, -0.25) is 10.1 Å². The standard InChI is InChI=1S/C17H12Cl2N2O3S/c18-12-6-4-10(14(19)9-12)5-7-15(22)21-17(25)20-13-3-1-2-11(8-13)16(23)24/h1-9H,(H,23,24)(H2,20,21,22,25). The molecule has 0 bridgehead atoms. The number of nitrogens with one attached hydrogen (secondary N) is 2. The Balaban J connectivity index is 1.96. The predicted octanol–water partition coefficient (Wildman–Crippen LogP) is 4.22. The molecule has 5 nitrogen and oxygen atoms in total. The fourth-order valence-corrected chi connectivity index (χ4v) is 2.54. The SMILES string of the molecule is O=C(C=Cc1ccc(Cl)cc1Cl)NC(=S)Nc1cccc(C(=O)O)c1. The predicted molar refractivity (Wildman–Crippen MR) is 103 cm³/mol. The number of benzene rings is 2. The van der Waals surface area contributed by atoms with Crippen LogP contribution in [0.1, 0.15) is 15.9 Å². The monoisotopic (exact) mass is 394 g/mol. The minimum Gasteiger partial charge on any atom is -0.478 e. The van der Waals surface area contributed by atoms with Crippen LogP contribution < -0.4 is 10.6 Å². The van der Waals surface area contributed by atoms with Gasteiger partial charge in [0.15, 0.2) is 5.11 Å². The smallest absolute Gasteiger partial charge is 0.335 e. The number of amides is 1. The van der Waals surface area contributed by atoms with E-state index < -0.39 is 11.9 Å². The Hall–Kier alpha value is -2.41. The molecule has 0 aliphatic carbocycles. The molecule has 0 aromatic heterocycles. The lowest BCUT2D eigenvalue weighted by Gasteiger charge is -2.08. The largest absolute Gasteiger partial charge is 0.478 e. The minimum absolute atomic E-state index is 0.0411. The highest BCUT2D eigenvalue weighted by Crippen LogP contribution is 2.21. The van der Waals surface area contributed by atoms with Gasteiger partial charge < -0.3 is 10.4 Å². The fraction of sp³-hybridized carbons (Fsp3) is 0. The summed E-state index contributed by atoms with van der Waals surface area (Å²) in [7, 11) is 0. The van der Waals surface area contributed by atoms with Gasteiger partial charge in [-0.05, 0) is 54.2 Å². The van der Waals surface area contributed by atoms with Crippen molar-refractivity contribution >= 4 is 64.2 Å². The second-order valence-electron chi connectivity index (χ2n) is 4.83. The molecule has 0 unspecified atom stereocenters. The van der Waals surface area contributed by atoms with E-state index in [1.807, 2.05) is 0 Å². The van der Waals surface area contributed by atoms with Crippen molar-refractivity contribution in [2.45, 2.75) is 0 Å². The zero-order chi connectivity index (χ0) is 18.4. The van der Waals surface area contributed by atoms with Gasteiger partial charge in [0, 0.05) is 21.8 Å². The molecule has 2 rings (SSSR count). The number of hydrogen-bond donors (Lipinski definition) is 3. The molecule has 25 heavy (non-hydrogen) atoms. The number of halogens is 2. The van der Waals surface area contributed by atoms with Crippen LogP contribution in [0.15, 0.2) is 48.5 Å². The van der Waals surface area contributed by atoms with E-state index in [4.69, 9.17) is 40.5 Å². The second kappa shape index (κ2) is 8.62. The van der Waals surface area contributed by atoms with Crippen molar-refractivity contribution in [3.8, 4) is 0 Å². The van der Waals surface area contributed by atoms with Crippen LogP contribution in [-0.2, 0) is 4.79 Å². The number of aromatic carboxylic acids is 1. The third-order valence-electron chi connectivity index (χ3n) is 2.98. The van der Waals surface area contributed by atoms with E-state index in [0.717, 1.165) is 0 Å². The Morgan fingerprint density at radius 1 is 1.12 bits per heavy atom. The van der Waals surface area contributed by atoms with Gasteiger partial charge in [0.2, 0.25) is 5.91 Å². The van der Waals surface area contributed by atoms with Gasteiger partial charge in [0.1, 0.15) is 0 Å². The maximum atomic E-state index is 11.9. The van der Waals surface area contributed by atoms with Crippen molar-refractivity contribution in [1.29, 1.82) is 0 Å². The van der Waals surface area contributed by atoms with Crippen LogP contribution in [0, 0.1) is 0 Å². The lowest BCUT2D eigenvalue weighted by atomic mass is 10.2. The molecule has 0 radical (unpaired) electrons. The van der Waals surface area contributed by atoms with Crippen molar-refractivity contribution in [2.75, 3.05) is 5.32 Å². The van der Waals surface area contributed by atoms with E-state index in [2.05, 4.69) is 10.6 Å². The molecular formula is C17H12Cl2N2O3S. The molecular weight excluding hydrogens is 383 g/mol. The number of carbonyl (C=O) groups is 2. The van der Waals surface area contributed by atoms with Gasteiger partial charge >= 0.3 is 5.97 Å². The van der Waals surface area contributed by atoms with Crippen LogP contribution in [-0.4, -0.2) is 22.1 Å². The van der Waals surface area contributed by atoms with E-state index >= 15 is 0 Å². The Bertz CT molecular complexity index is 869. The van der Waals surface area contributed by atoms with Crippen LogP contribution in [0.3, 0.4) is 0 Å². The van der Waals surface area contributed by atoms with Crippen molar-refractivity contribution < 1.29 is 14.7 Å². The summed E-state index contributed by atoms with van der Waals surface area (Å²) < 4.78 is 0. The number of thiocarbonyl (C=S) groups is 1. The van der Waals surface area contributed by atoms with Crippen molar-refractivity contribution in [2.24, 2.45) is 0 Å². The van der Waals surface area contributed by atoms with Gasteiger partial charge in [-0.15, -0.1) is 0 Å². The highest BCUT2D eigenvalue weighted by atomic mass is 35.5. The average Bonchev–Trinajstić information content (AvgIpc) is 2.54. The van der Waals surface area contributed by atoms with Crippen LogP contribution >= 0.6 is 35.4 Å². The number of rotatable bonds is 4. The molecule has 2 aromatic rings. The molecule has 0 aliphatic heterocycles. The van der Waals surface area contributed by atoms with E-state index in [1.165, 1.54) is 24.3 Å². The zero-order valence-corrected chi connectivity index (χ0v) is 15.0. The number of hydrogen-bond acceptors (Lipinski definition) is 3. The zero-order valence-electron chi connectivity index (χ0n) is 12.6. The first-order chi connectivity index (χ1) is 11.8. The first kappa shape index (κ1) is 18.9. The quantitative estimate of drug-likeness (QED) is 0.534. The lowest BCUT2D eigenvalue weighted by Crippen LogP contribution is -2.32. The normalized spacial score (nSPS) is 10.5. The summed E-state index contributed by atoms with van der Waals surface area (Å²) in [4.78, 5) is 22.8. The van der Waals surface area contributed by atoms with Gasteiger partial charge in [-0.25, -0.2) is 4.79 Å². The number of carboxylic acids is 1. The summed E-state index contributed by atoms with van der Waals surface area (Å²) in [6, 6.07) is 11.0. The Morgan fingerprint density at radius 2 is 1.88 bits per heavy atom. The molecule has 0 saturated heterocycles. The van der Waals surface area contributed by atoms with Gasteiger partial charge in [0.25, 0.3) is 0 Å². The summed E-state index contributed by atoms with van der Waals surface area (Å²) in [5, 5.41) is 15.1. The maximum absolute atomic E-state index is 11.9. The molecule has 0 aliphatic rings. The van der Waals surface area contributed by atoms with Gasteiger partial charge in [-0.2, -0.15) is 0 Å². The summed E-state index contributed by atoms with van der Waals surface area (Å²) in [5.74, 6) is -1.51. The van der Waals surface area contributed by atoms with E-state index in [0.29, 0.717) is 21.3 Å². The third kappa shape index (κ3) is 5.86. The van der Waals surface area contributed by atoms with Crippen LogP contribution in [0.5, 0.6) is 0 Å². The summed E-state index contributed by atoms with van der Waals surface area (Å²) >= 11 is 16.8. The van der Waals surface area contributed by atoms with Gasteiger partial charge in [-0.1, -0.05) is 35.3 Å². The van der Waals surface area contributed by atoms with E-state index in [-0.39, 0.29) is 10.7 Å². The Kier molecular flexibility index (Phi) is 6.52. The van der Waals surface area contributed by atoms with E-state index in [1.54, 1.807) is 30.3 Å². The van der Waals surface area contributed by atoms with Crippen LogP contribution in [0.2, 0.25) is 10.0 Å². The molecule has 0 spiro atoms. The number of carboxylic acid groups (broad SMARTS) is 1. The highest BCUT2D eigenvalue weighted by molar-refractivity contribution is 7.80. The number of carbonyl (C=O) groups excluding carboxylic acids is 1. The third-order valence-corrected chi connectivity index (χ3v) is 3.75. The molecule has 2 aromatic carbocycles. The molecule has 0 saturated carbocycles. The fourth-order valence-electron chi connectivity index (χ4n) is 1.85. The molecule has 8 heteroatoms. The molecule has 128 valence electrons. The van der Waals surface area contributed by atoms with Crippen molar-refractivity contribution in [3.63, 3.8) is 0 Å². The highest BCUT2D eigenvalue weighted by Gasteiger charge is 2.06. The summed E-state index contributed by atoms with van der Waals surface area (Å²) in [5.41, 5.74) is 1.19. The molecule has 1 amide bonds. The summed E-state index contributed by atoms with van der Waals surface area (Å²) in [6.07, 6.45) is 2.80. The first-order valence-corrected chi connectivity index (χ1v) is 8.10. The second-order valence-corrected chi connectivity index (χ2v) is 6.08. The Labute approximate surface area is 159 Å². The van der Waals surface area contributed by atoms with Crippen LogP contribution in [0.25, 0.3) is 6.08 Å². The molecule has 0 heterocycles. The van der Waals surface area contributed by atoms with Crippen molar-refractivity contribution in [3.05, 3.63) is 69.7 Å². The summed E-state index contributed by atoms with van der Waals surface area (Å²) in [6.45, 7) is 0. The maximum Gasteiger partial charge on any atom is 0.335 e. The molecule has 0 fully saturated rings. The molecule has 0 atom stereocenters.